The summed E-state index contributed by atoms with van der Waals surface area (Å²) in [6, 6.07) is 6.19. The molecule has 1 aliphatic heterocycles. The van der Waals surface area contributed by atoms with Gasteiger partial charge in [-0.3, -0.25) is 4.90 Å². The molecule has 0 radical (unpaired) electrons. The molecule has 1 heterocycles. The molecular weight excluding hydrogens is 295 g/mol. The molecule has 0 aliphatic carbocycles. The summed E-state index contributed by atoms with van der Waals surface area (Å²) in [4.78, 5) is 2.42. The van der Waals surface area contributed by atoms with E-state index in [-0.39, 0.29) is 30.9 Å². The van der Waals surface area contributed by atoms with Gasteiger partial charge in [-0.2, -0.15) is 0 Å². The molecule has 3 nitrogen and oxygen atoms in total. The molecule has 114 valence electrons. The molecule has 1 aromatic carbocycles. The Labute approximate surface area is 133 Å². The zero-order valence-corrected chi connectivity index (χ0v) is 13.5. The summed E-state index contributed by atoms with van der Waals surface area (Å²) in [6.45, 7) is 9.91. The van der Waals surface area contributed by atoms with E-state index in [0.717, 1.165) is 43.7 Å². The fraction of sp³-hybridized carbons (Fsp3) is 0.467. The predicted octanol–water partition coefficient (Wildman–Crippen LogP) is 3.07. The summed E-state index contributed by atoms with van der Waals surface area (Å²) in [6.07, 6.45) is 2.81. The molecule has 0 bridgehead atoms. The lowest BCUT2D eigenvalue weighted by atomic mass is 9.99. The van der Waals surface area contributed by atoms with Crippen LogP contribution in [0, 0.1) is 6.92 Å². The maximum atomic E-state index is 10.1. The van der Waals surface area contributed by atoms with Crippen LogP contribution in [0.25, 0.3) is 0 Å². The molecule has 1 fully saturated rings. The molecular formula is C15H24Cl2N2O. The maximum Gasteiger partial charge on any atom is 0.120 e. The third-order valence-electron chi connectivity index (χ3n) is 3.53. The normalized spacial score (nSPS) is 16.6. The number of halogens is 2. The van der Waals surface area contributed by atoms with Crippen LogP contribution in [0.15, 0.2) is 30.9 Å². The first kappa shape index (κ1) is 19.3. The van der Waals surface area contributed by atoms with Gasteiger partial charge in [-0.1, -0.05) is 18.2 Å². The fourth-order valence-corrected chi connectivity index (χ4v) is 2.56. The molecule has 1 aromatic rings. The zero-order chi connectivity index (χ0) is 13.0. The van der Waals surface area contributed by atoms with E-state index in [4.69, 9.17) is 0 Å². The number of rotatable bonds is 4. The minimum absolute atomic E-state index is 0. The van der Waals surface area contributed by atoms with Crippen LogP contribution >= 0.6 is 24.8 Å². The fourth-order valence-electron chi connectivity index (χ4n) is 2.56. The van der Waals surface area contributed by atoms with Crippen molar-refractivity contribution in [3.8, 4) is 5.75 Å². The van der Waals surface area contributed by atoms with Crippen LogP contribution in [0.5, 0.6) is 5.75 Å². The first-order chi connectivity index (χ1) is 8.72. The van der Waals surface area contributed by atoms with Crippen LogP contribution in [-0.2, 0) is 0 Å². The van der Waals surface area contributed by atoms with Gasteiger partial charge in [0.05, 0.1) is 0 Å². The Balaban J connectivity index is 0.00000180. The van der Waals surface area contributed by atoms with Crippen molar-refractivity contribution in [1.29, 1.82) is 0 Å². The van der Waals surface area contributed by atoms with E-state index >= 15 is 0 Å². The Hall–Kier alpha value is -0.740. The van der Waals surface area contributed by atoms with Crippen LogP contribution in [-0.4, -0.2) is 36.2 Å². The minimum Gasteiger partial charge on any atom is -0.508 e. The number of nitrogens with one attached hydrogen (secondary N) is 1. The number of hydrogen-bond acceptors (Lipinski definition) is 3. The zero-order valence-electron chi connectivity index (χ0n) is 11.8. The Morgan fingerprint density at radius 3 is 2.55 bits per heavy atom. The van der Waals surface area contributed by atoms with Crippen LogP contribution < -0.4 is 5.32 Å². The number of piperazine rings is 1. The lowest BCUT2D eigenvalue weighted by molar-refractivity contribution is 0.172. The van der Waals surface area contributed by atoms with Crippen molar-refractivity contribution >= 4 is 24.8 Å². The quantitative estimate of drug-likeness (QED) is 0.837. The second-order valence-corrected chi connectivity index (χ2v) is 4.89. The second-order valence-electron chi connectivity index (χ2n) is 4.89. The molecule has 0 spiro atoms. The number of aromatic hydroxyl groups is 1. The van der Waals surface area contributed by atoms with Gasteiger partial charge in [0, 0.05) is 37.8 Å². The van der Waals surface area contributed by atoms with Crippen LogP contribution in [0.3, 0.4) is 0 Å². The van der Waals surface area contributed by atoms with Crippen molar-refractivity contribution in [2.24, 2.45) is 0 Å². The Kier molecular flexibility index (Phi) is 8.90. The summed E-state index contributed by atoms with van der Waals surface area (Å²) in [5.74, 6) is 0.403. The summed E-state index contributed by atoms with van der Waals surface area (Å²) in [5.41, 5.74) is 2.11. The Morgan fingerprint density at radius 2 is 2.00 bits per heavy atom. The highest BCUT2D eigenvalue weighted by Gasteiger charge is 2.23. The third kappa shape index (κ3) is 4.67. The highest BCUT2D eigenvalue weighted by Crippen LogP contribution is 2.32. The number of aryl methyl sites for hydroxylation is 1. The molecule has 2 N–H and O–H groups in total. The summed E-state index contributed by atoms with van der Waals surface area (Å²) >= 11 is 0. The monoisotopic (exact) mass is 318 g/mol. The average molecular weight is 319 g/mol. The molecule has 1 atom stereocenters. The van der Waals surface area contributed by atoms with Crippen molar-refractivity contribution in [3.05, 3.63) is 42.0 Å². The summed E-state index contributed by atoms with van der Waals surface area (Å²) < 4.78 is 0. The molecule has 0 unspecified atom stereocenters. The molecule has 2 rings (SSSR count). The second kappa shape index (κ2) is 9.24. The number of hydrogen-bond donors (Lipinski definition) is 2. The molecule has 1 aliphatic rings. The number of phenols is 1. The maximum absolute atomic E-state index is 10.1. The van der Waals surface area contributed by atoms with E-state index in [2.05, 4.69) is 22.9 Å². The molecule has 0 saturated carbocycles. The predicted molar refractivity (Wildman–Crippen MR) is 89.3 cm³/mol. The Bertz CT molecular complexity index is 420. The van der Waals surface area contributed by atoms with Gasteiger partial charge in [-0.15, -0.1) is 31.4 Å². The lowest BCUT2D eigenvalue weighted by Crippen LogP contribution is -2.45. The van der Waals surface area contributed by atoms with Crippen molar-refractivity contribution in [3.63, 3.8) is 0 Å². The highest BCUT2D eigenvalue weighted by atomic mass is 35.5. The molecule has 5 heteroatoms. The SMILES string of the molecule is C=CC[C@H](c1ccc(C)cc1O)N1CCNCC1.Cl.Cl. The third-order valence-corrected chi connectivity index (χ3v) is 3.53. The minimum atomic E-state index is 0. The van der Waals surface area contributed by atoms with Gasteiger partial charge in [0.15, 0.2) is 0 Å². The van der Waals surface area contributed by atoms with Crippen molar-refractivity contribution in [2.75, 3.05) is 26.2 Å². The van der Waals surface area contributed by atoms with Gasteiger partial charge in [-0.25, -0.2) is 0 Å². The topological polar surface area (TPSA) is 35.5 Å². The molecule has 0 amide bonds. The van der Waals surface area contributed by atoms with E-state index in [1.807, 2.05) is 25.1 Å². The summed E-state index contributed by atoms with van der Waals surface area (Å²) in [5, 5.41) is 13.5. The van der Waals surface area contributed by atoms with Crippen LogP contribution in [0.1, 0.15) is 23.6 Å². The van der Waals surface area contributed by atoms with Gasteiger partial charge in [0.2, 0.25) is 0 Å². The standard InChI is InChI=1S/C15H22N2O.2ClH/c1-3-4-14(17-9-7-16-8-10-17)13-6-5-12(2)11-15(13)18;;/h3,5-6,11,14,16,18H,1,4,7-10H2,2H3;2*1H/t14-;;/m1../s1. The van der Waals surface area contributed by atoms with Gasteiger partial charge < -0.3 is 10.4 Å². The van der Waals surface area contributed by atoms with Gasteiger partial charge in [0.1, 0.15) is 5.75 Å². The Morgan fingerprint density at radius 1 is 1.35 bits per heavy atom. The number of benzene rings is 1. The highest BCUT2D eigenvalue weighted by molar-refractivity contribution is 5.85. The van der Waals surface area contributed by atoms with Gasteiger partial charge >= 0.3 is 0 Å². The van der Waals surface area contributed by atoms with Gasteiger partial charge in [-0.05, 0) is 25.0 Å². The van der Waals surface area contributed by atoms with Gasteiger partial charge in [0.25, 0.3) is 0 Å². The smallest absolute Gasteiger partial charge is 0.120 e. The largest absolute Gasteiger partial charge is 0.508 e. The van der Waals surface area contributed by atoms with E-state index in [9.17, 15) is 5.11 Å². The number of phenolic OH excluding ortho intramolecular Hbond substituents is 1. The van der Waals surface area contributed by atoms with Crippen LogP contribution in [0.2, 0.25) is 0 Å². The first-order valence-corrected chi connectivity index (χ1v) is 6.57. The average Bonchev–Trinajstić information content (AvgIpc) is 2.38. The van der Waals surface area contributed by atoms with Crippen LogP contribution in [0.4, 0.5) is 0 Å². The number of nitrogens with zero attached hydrogens (tertiary/aromatic N) is 1. The lowest BCUT2D eigenvalue weighted by Gasteiger charge is -2.35. The molecule has 20 heavy (non-hydrogen) atoms. The molecule has 1 saturated heterocycles. The molecule has 0 aromatic heterocycles. The van der Waals surface area contributed by atoms with E-state index in [1.54, 1.807) is 0 Å². The first-order valence-electron chi connectivity index (χ1n) is 6.57. The van der Waals surface area contributed by atoms with Crippen molar-refractivity contribution < 1.29 is 5.11 Å². The van der Waals surface area contributed by atoms with E-state index < -0.39 is 0 Å². The van der Waals surface area contributed by atoms with E-state index in [0.29, 0.717) is 5.75 Å². The van der Waals surface area contributed by atoms with Crippen molar-refractivity contribution in [1.82, 2.24) is 10.2 Å². The van der Waals surface area contributed by atoms with Crippen molar-refractivity contribution in [2.45, 2.75) is 19.4 Å². The summed E-state index contributed by atoms with van der Waals surface area (Å²) in [7, 11) is 0. The van der Waals surface area contributed by atoms with E-state index in [1.165, 1.54) is 0 Å².